The molecule has 0 saturated heterocycles. The zero-order valence-corrected chi connectivity index (χ0v) is 22.5. The van der Waals surface area contributed by atoms with Crippen molar-refractivity contribution in [3.8, 4) is 11.5 Å². The lowest BCUT2D eigenvalue weighted by Crippen LogP contribution is -2.43. The van der Waals surface area contributed by atoms with Crippen LogP contribution in [0, 0.1) is 5.92 Å². The Morgan fingerprint density at radius 1 is 1.00 bits per heavy atom. The van der Waals surface area contributed by atoms with Gasteiger partial charge in [0.25, 0.3) is 5.91 Å². The average Bonchev–Trinajstić information content (AvgIpc) is 2.71. The summed E-state index contributed by atoms with van der Waals surface area (Å²) in [6, 6.07) is 11.3. The molecule has 0 aliphatic carbocycles. The van der Waals surface area contributed by atoms with Gasteiger partial charge in [-0.2, -0.15) is 0 Å². The molecule has 0 heterocycles. The van der Waals surface area contributed by atoms with E-state index in [1.807, 2.05) is 77.9 Å². The first kappa shape index (κ1) is 27.5. The third-order valence-corrected chi connectivity index (χ3v) is 5.25. The second-order valence-electron chi connectivity index (χ2n) is 9.49. The molecule has 8 heteroatoms. The van der Waals surface area contributed by atoms with E-state index in [9.17, 15) is 9.59 Å². The number of amides is 2. The Balaban J connectivity index is 2.07. The number of benzene rings is 2. The summed E-state index contributed by atoms with van der Waals surface area (Å²) in [5, 5.41) is 9.19. The summed E-state index contributed by atoms with van der Waals surface area (Å²) in [6.07, 6.45) is 0.483. The number of rotatable bonds is 11. The maximum absolute atomic E-state index is 12.1. The van der Waals surface area contributed by atoms with Crippen LogP contribution in [-0.2, 0) is 16.1 Å². The highest BCUT2D eigenvalue weighted by atomic mass is 79.9. The molecule has 2 rings (SSSR count). The van der Waals surface area contributed by atoms with Gasteiger partial charge in [-0.1, -0.05) is 35.8 Å². The molecule has 0 unspecified atom stereocenters. The van der Waals surface area contributed by atoms with Crippen molar-refractivity contribution < 1.29 is 19.1 Å². The summed E-state index contributed by atoms with van der Waals surface area (Å²) >= 11 is 3.60. The second-order valence-corrected chi connectivity index (χ2v) is 10.3. The lowest BCUT2D eigenvalue weighted by molar-refractivity contribution is -0.124. The largest absolute Gasteiger partial charge is 0.490 e. The molecule has 0 spiro atoms. The van der Waals surface area contributed by atoms with Crippen LogP contribution in [0.25, 0.3) is 0 Å². The molecule has 0 fully saturated rings. The van der Waals surface area contributed by atoms with Gasteiger partial charge >= 0.3 is 0 Å². The molecule has 0 radical (unpaired) electrons. The first-order valence-corrected chi connectivity index (χ1v) is 12.3. The van der Waals surface area contributed by atoms with Gasteiger partial charge < -0.3 is 25.4 Å². The molecule has 2 amide bonds. The van der Waals surface area contributed by atoms with Crippen LogP contribution in [0.15, 0.2) is 40.9 Å². The summed E-state index contributed by atoms with van der Waals surface area (Å²) < 4.78 is 12.3. The van der Waals surface area contributed by atoms with E-state index in [-0.39, 0.29) is 24.0 Å². The van der Waals surface area contributed by atoms with Gasteiger partial charge in [0, 0.05) is 34.4 Å². The maximum Gasteiger partial charge on any atom is 0.258 e. The fourth-order valence-electron chi connectivity index (χ4n) is 3.18. The minimum Gasteiger partial charge on any atom is -0.490 e. The Hall–Kier alpha value is -2.74. The fourth-order valence-corrected chi connectivity index (χ4v) is 3.64. The Kier molecular flexibility index (Phi) is 10.2. The number of anilines is 2. The molecule has 0 aliphatic rings. The number of halogens is 1. The summed E-state index contributed by atoms with van der Waals surface area (Å²) in [6.45, 7) is 12.6. The molecule has 2 aromatic rings. The summed E-state index contributed by atoms with van der Waals surface area (Å²) in [4.78, 5) is 24.2. The molecule has 0 saturated carbocycles. The van der Waals surface area contributed by atoms with Crippen LogP contribution in [0.5, 0.6) is 11.5 Å². The summed E-state index contributed by atoms with van der Waals surface area (Å²) in [5.74, 6) is 1.18. The van der Waals surface area contributed by atoms with Gasteiger partial charge in [-0.25, -0.2) is 0 Å². The average molecular weight is 534 g/mol. The van der Waals surface area contributed by atoms with Gasteiger partial charge in [0.1, 0.15) is 0 Å². The summed E-state index contributed by atoms with van der Waals surface area (Å²) in [5.41, 5.74) is 2.27. The van der Waals surface area contributed by atoms with Gasteiger partial charge in [0.05, 0.1) is 6.61 Å². The number of carbonyl (C=O) groups is 2. The second kappa shape index (κ2) is 12.6. The molecule has 0 aliphatic heterocycles. The lowest BCUT2D eigenvalue weighted by Gasteiger charge is -2.21. The normalized spacial score (nSPS) is 11.2. The van der Waals surface area contributed by atoms with E-state index < -0.39 is 0 Å². The molecule has 186 valence electrons. The van der Waals surface area contributed by atoms with Crippen LogP contribution in [0.3, 0.4) is 0 Å². The van der Waals surface area contributed by atoms with Crippen molar-refractivity contribution in [3.63, 3.8) is 0 Å². The molecular weight excluding hydrogens is 498 g/mol. The highest BCUT2D eigenvalue weighted by Crippen LogP contribution is 2.34. The Bertz CT molecular complexity index is 986. The Morgan fingerprint density at radius 3 is 2.32 bits per heavy atom. The third kappa shape index (κ3) is 9.63. The SMILES string of the molecule is CCOc1cc(CNc2cccc(NC(=O)CC(C)C)c2)c(Br)cc1OCC(=O)NC(C)(C)C. The quantitative estimate of drug-likeness (QED) is 0.342. The topological polar surface area (TPSA) is 88.7 Å². The lowest BCUT2D eigenvalue weighted by atomic mass is 10.1. The molecule has 0 atom stereocenters. The zero-order chi connectivity index (χ0) is 25.3. The molecule has 0 aromatic heterocycles. The number of hydrogen-bond acceptors (Lipinski definition) is 5. The van der Waals surface area contributed by atoms with Crippen molar-refractivity contribution in [1.29, 1.82) is 0 Å². The Labute approximate surface area is 211 Å². The predicted octanol–water partition coefficient (Wildman–Crippen LogP) is 5.74. The van der Waals surface area contributed by atoms with Crippen LogP contribution in [0.1, 0.15) is 53.5 Å². The van der Waals surface area contributed by atoms with E-state index in [2.05, 4.69) is 31.9 Å². The van der Waals surface area contributed by atoms with Crippen LogP contribution < -0.4 is 25.4 Å². The minimum atomic E-state index is -0.326. The molecule has 34 heavy (non-hydrogen) atoms. The van der Waals surface area contributed by atoms with Gasteiger partial charge in [-0.3, -0.25) is 9.59 Å². The van der Waals surface area contributed by atoms with E-state index in [4.69, 9.17) is 9.47 Å². The number of ether oxygens (including phenoxy) is 2. The van der Waals surface area contributed by atoms with Gasteiger partial charge in [0.2, 0.25) is 5.91 Å². The number of hydrogen-bond donors (Lipinski definition) is 3. The first-order valence-electron chi connectivity index (χ1n) is 11.5. The first-order chi connectivity index (χ1) is 16.0. The molecule has 2 aromatic carbocycles. The van der Waals surface area contributed by atoms with Crippen LogP contribution in [-0.4, -0.2) is 30.6 Å². The van der Waals surface area contributed by atoms with Gasteiger partial charge in [-0.15, -0.1) is 0 Å². The van der Waals surface area contributed by atoms with E-state index in [0.29, 0.717) is 37.0 Å². The molecule has 3 N–H and O–H groups in total. The van der Waals surface area contributed by atoms with Crippen LogP contribution >= 0.6 is 15.9 Å². The van der Waals surface area contributed by atoms with E-state index in [1.165, 1.54) is 0 Å². The zero-order valence-electron chi connectivity index (χ0n) is 20.9. The minimum absolute atomic E-state index is 0.00280. The van der Waals surface area contributed by atoms with Crippen LogP contribution in [0.4, 0.5) is 11.4 Å². The van der Waals surface area contributed by atoms with Gasteiger partial charge in [-0.05, 0) is 69.5 Å². The van der Waals surface area contributed by atoms with Crippen molar-refractivity contribution in [1.82, 2.24) is 5.32 Å². The van der Waals surface area contributed by atoms with Crippen LogP contribution in [0.2, 0.25) is 0 Å². The van der Waals surface area contributed by atoms with Crippen molar-refractivity contribution >= 4 is 39.1 Å². The highest BCUT2D eigenvalue weighted by molar-refractivity contribution is 9.10. The smallest absolute Gasteiger partial charge is 0.258 e. The van der Waals surface area contributed by atoms with Gasteiger partial charge in [0.15, 0.2) is 18.1 Å². The van der Waals surface area contributed by atoms with E-state index in [0.717, 1.165) is 21.4 Å². The van der Waals surface area contributed by atoms with Crippen molar-refractivity contribution in [3.05, 3.63) is 46.4 Å². The van der Waals surface area contributed by atoms with E-state index in [1.54, 1.807) is 0 Å². The molecule has 7 nitrogen and oxygen atoms in total. The maximum atomic E-state index is 12.1. The van der Waals surface area contributed by atoms with E-state index >= 15 is 0 Å². The van der Waals surface area contributed by atoms with Crippen molar-refractivity contribution in [2.24, 2.45) is 5.92 Å². The highest BCUT2D eigenvalue weighted by Gasteiger charge is 2.16. The third-order valence-electron chi connectivity index (χ3n) is 4.51. The standard InChI is InChI=1S/C26H36BrN3O4/c1-7-33-22-12-18(21(27)14-23(22)34-16-25(32)30-26(4,5)6)15-28-19-9-8-10-20(13-19)29-24(31)11-17(2)3/h8-10,12-14,17,28H,7,11,15-16H2,1-6H3,(H,29,31)(H,30,32). The monoisotopic (exact) mass is 533 g/mol. The van der Waals surface area contributed by atoms with Crippen molar-refractivity contribution in [2.45, 2.75) is 60.0 Å². The Morgan fingerprint density at radius 2 is 1.68 bits per heavy atom. The molecule has 0 bridgehead atoms. The molecular formula is C26H36BrN3O4. The summed E-state index contributed by atoms with van der Waals surface area (Å²) in [7, 11) is 0. The number of carbonyl (C=O) groups excluding carboxylic acids is 2. The number of nitrogens with one attached hydrogen (secondary N) is 3. The van der Waals surface area contributed by atoms with Crippen molar-refractivity contribution in [2.75, 3.05) is 23.8 Å². The fraction of sp³-hybridized carbons (Fsp3) is 0.462. The predicted molar refractivity (Wildman–Crippen MR) is 141 cm³/mol.